The van der Waals surface area contributed by atoms with Crippen molar-refractivity contribution in [3.63, 3.8) is 0 Å². The van der Waals surface area contributed by atoms with Crippen LogP contribution in [0.15, 0.2) is 42.5 Å². The molecule has 2 aromatic rings. The van der Waals surface area contributed by atoms with Crippen molar-refractivity contribution in [3.8, 4) is 0 Å². The minimum atomic E-state index is -0.934. The Balaban J connectivity index is 1.91. The lowest BCUT2D eigenvalue weighted by molar-refractivity contribution is -0.122. The molecular formula is C23H28F2N2O2. The number of halogens is 2. The smallest absolute Gasteiger partial charge is 0.254 e. The predicted molar refractivity (Wildman–Crippen MR) is 110 cm³/mol. The van der Waals surface area contributed by atoms with Crippen LogP contribution in [0, 0.1) is 17.6 Å². The van der Waals surface area contributed by atoms with Crippen molar-refractivity contribution in [1.29, 1.82) is 0 Å². The monoisotopic (exact) mass is 402 g/mol. The van der Waals surface area contributed by atoms with Crippen LogP contribution in [-0.2, 0) is 4.79 Å². The average molecular weight is 402 g/mol. The molecule has 0 aliphatic rings. The van der Waals surface area contributed by atoms with E-state index in [1.165, 1.54) is 5.56 Å². The number of hydrogen-bond acceptors (Lipinski definition) is 2. The van der Waals surface area contributed by atoms with Crippen LogP contribution in [-0.4, -0.2) is 18.4 Å². The highest BCUT2D eigenvalue weighted by Crippen LogP contribution is 2.24. The topological polar surface area (TPSA) is 58.2 Å². The van der Waals surface area contributed by atoms with Gasteiger partial charge in [-0.25, -0.2) is 8.78 Å². The Hall–Kier alpha value is -2.76. The van der Waals surface area contributed by atoms with Gasteiger partial charge in [0.25, 0.3) is 5.91 Å². The molecule has 156 valence electrons. The summed E-state index contributed by atoms with van der Waals surface area (Å²) < 4.78 is 26.6. The maximum atomic E-state index is 13.6. The number of hydrogen-bond donors (Lipinski definition) is 2. The van der Waals surface area contributed by atoms with Crippen molar-refractivity contribution in [1.82, 2.24) is 10.6 Å². The highest BCUT2D eigenvalue weighted by Gasteiger charge is 2.19. The zero-order chi connectivity index (χ0) is 21.6. The summed E-state index contributed by atoms with van der Waals surface area (Å²) in [7, 11) is 0. The first-order valence-electron chi connectivity index (χ1n) is 9.81. The van der Waals surface area contributed by atoms with Gasteiger partial charge in [0, 0.05) is 19.0 Å². The minimum absolute atomic E-state index is 0.0542. The SMILES string of the molecule is CC(C)c1ccc(C(NC(=O)CCNC(=O)c2ccc(F)cc2F)C(C)C)cc1. The second-order valence-electron chi connectivity index (χ2n) is 7.74. The van der Waals surface area contributed by atoms with Crippen LogP contribution in [0.3, 0.4) is 0 Å². The van der Waals surface area contributed by atoms with E-state index in [-0.39, 0.29) is 36.4 Å². The van der Waals surface area contributed by atoms with Gasteiger partial charge in [-0.3, -0.25) is 9.59 Å². The molecule has 1 atom stereocenters. The van der Waals surface area contributed by atoms with Crippen LogP contribution in [0.25, 0.3) is 0 Å². The zero-order valence-electron chi connectivity index (χ0n) is 17.3. The van der Waals surface area contributed by atoms with Gasteiger partial charge in [0.2, 0.25) is 5.91 Å². The molecule has 0 heterocycles. The van der Waals surface area contributed by atoms with Gasteiger partial charge in [-0.1, -0.05) is 52.0 Å². The molecular weight excluding hydrogens is 374 g/mol. The average Bonchev–Trinajstić information content (AvgIpc) is 2.65. The van der Waals surface area contributed by atoms with Crippen molar-refractivity contribution in [2.45, 2.75) is 46.1 Å². The molecule has 0 saturated carbocycles. The van der Waals surface area contributed by atoms with E-state index < -0.39 is 17.5 Å². The Kier molecular flexibility index (Phi) is 7.88. The van der Waals surface area contributed by atoms with E-state index in [4.69, 9.17) is 0 Å². The molecule has 0 saturated heterocycles. The second-order valence-corrected chi connectivity index (χ2v) is 7.74. The van der Waals surface area contributed by atoms with Gasteiger partial charge in [-0.05, 0) is 35.1 Å². The third-order valence-electron chi connectivity index (χ3n) is 4.76. The minimum Gasteiger partial charge on any atom is -0.351 e. The standard InChI is InChI=1S/C23H28F2N2O2/c1-14(2)16-5-7-17(8-6-16)22(15(3)4)27-21(28)11-12-26-23(29)19-10-9-18(24)13-20(19)25/h5-10,13-15,22H,11-12H2,1-4H3,(H,26,29)(H,27,28). The summed E-state index contributed by atoms with van der Waals surface area (Å²) in [6.07, 6.45) is 0.0574. The molecule has 2 amide bonds. The Morgan fingerprint density at radius 2 is 1.55 bits per heavy atom. The molecule has 2 N–H and O–H groups in total. The molecule has 6 heteroatoms. The molecule has 4 nitrogen and oxygen atoms in total. The third-order valence-corrected chi connectivity index (χ3v) is 4.76. The number of carbonyl (C=O) groups excluding carboxylic acids is 2. The lowest BCUT2D eigenvalue weighted by Gasteiger charge is -2.23. The highest BCUT2D eigenvalue weighted by atomic mass is 19.1. The van der Waals surface area contributed by atoms with Gasteiger partial charge in [0.1, 0.15) is 11.6 Å². The summed E-state index contributed by atoms with van der Waals surface area (Å²) in [5.74, 6) is -1.95. The summed E-state index contributed by atoms with van der Waals surface area (Å²) in [6.45, 7) is 8.37. The quantitative estimate of drug-likeness (QED) is 0.671. The molecule has 0 aliphatic heterocycles. The number of benzene rings is 2. The summed E-state index contributed by atoms with van der Waals surface area (Å²) in [4.78, 5) is 24.3. The number of amides is 2. The maximum absolute atomic E-state index is 13.6. The molecule has 0 bridgehead atoms. The van der Waals surface area contributed by atoms with Crippen LogP contribution in [0.1, 0.15) is 67.6 Å². The molecule has 0 fully saturated rings. The van der Waals surface area contributed by atoms with E-state index in [9.17, 15) is 18.4 Å². The van der Waals surface area contributed by atoms with Crippen LogP contribution >= 0.6 is 0 Å². The fourth-order valence-electron chi connectivity index (χ4n) is 3.03. The fourth-order valence-corrected chi connectivity index (χ4v) is 3.03. The summed E-state index contributed by atoms with van der Waals surface area (Å²) in [6, 6.07) is 10.8. The molecule has 0 aliphatic carbocycles. The van der Waals surface area contributed by atoms with Crippen LogP contribution < -0.4 is 10.6 Å². The van der Waals surface area contributed by atoms with Gasteiger partial charge < -0.3 is 10.6 Å². The van der Waals surface area contributed by atoms with Crippen molar-refractivity contribution in [2.24, 2.45) is 5.92 Å². The molecule has 2 rings (SSSR count). The Morgan fingerprint density at radius 1 is 0.931 bits per heavy atom. The third kappa shape index (κ3) is 6.38. The first-order valence-corrected chi connectivity index (χ1v) is 9.81. The Bertz CT molecular complexity index is 848. The number of nitrogens with one attached hydrogen (secondary N) is 2. The van der Waals surface area contributed by atoms with E-state index in [0.29, 0.717) is 12.0 Å². The summed E-state index contributed by atoms with van der Waals surface area (Å²) in [5, 5.41) is 5.49. The lowest BCUT2D eigenvalue weighted by atomic mass is 9.93. The number of carbonyl (C=O) groups is 2. The highest BCUT2D eigenvalue weighted by molar-refractivity contribution is 5.94. The molecule has 0 radical (unpaired) electrons. The number of rotatable bonds is 8. The first kappa shape index (κ1) is 22.5. The van der Waals surface area contributed by atoms with Crippen molar-refractivity contribution >= 4 is 11.8 Å². The second kappa shape index (κ2) is 10.1. The van der Waals surface area contributed by atoms with Crippen LogP contribution in [0.5, 0.6) is 0 Å². The van der Waals surface area contributed by atoms with E-state index in [0.717, 1.165) is 17.7 Å². The largest absolute Gasteiger partial charge is 0.351 e. The van der Waals surface area contributed by atoms with Gasteiger partial charge in [0.05, 0.1) is 11.6 Å². The van der Waals surface area contributed by atoms with E-state index in [1.54, 1.807) is 0 Å². The normalized spacial score (nSPS) is 12.1. The Morgan fingerprint density at radius 3 is 2.10 bits per heavy atom. The van der Waals surface area contributed by atoms with Gasteiger partial charge in [0.15, 0.2) is 0 Å². The van der Waals surface area contributed by atoms with Crippen LogP contribution in [0.4, 0.5) is 8.78 Å². The van der Waals surface area contributed by atoms with Gasteiger partial charge in [-0.2, -0.15) is 0 Å². The first-order chi connectivity index (χ1) is 13.7. The summed E-state index contributed by atoms with van der Waals surface area (Å²) >= 11 is 0. The van der Waals surface area contributed by atoms with Crippen molar-refractivity contribution in [2.75, 3.05) is 6.54 Å². The van der Waals surface area contributed by atoms with E-state index in [1.807, 2.05) is 26.0 Å². The molecule has 2 aromatic carbocycles. The van der Waals surface area contributed by atoms with Gasteiger partial charge in [-0.15, -0.1) is 0 Å². The molecule has 29 heavy (non-hydrogen) atoms. The predicted octanol–water partition coefficient (Wildman–Crippen LogP) is 4.72. The van der Waals surface area contributed by atoms with Crippen LogP contribution in [0.2, 0.25) is 0 Å². The molecule has 0 aromatic heterocycles. The van der Waals surface area contributed by atoms with Crippen molar-refractivity contribution in [3.05, 3.63) is 70.8 Å². The summed E-state index contributed by atoms with van der Waals surface area (Å²) in [5.41, 5.74) is 2.01. The van der Waals surface area contributed by atoms with Crippen molar-refractivity contribution < 1.29 is 18.4 Å². The molecule has 1 unspecified atom stereocenters. The fraction of sp³-hybridized carbons (Fsp3) is 0.391. The van der Waals surface area contributed by atoms with Gasteiger partial charge >= 0.3 is 0 Å². The lowest BCUT2D eigenvalue weighted by Crippen LogP contribution is -2.35. The Labute approximate surface area is 170 Å². The zero-order valence-corrected chi connectivity index (χ0v) is 17.3. The maximum Gasteiger partial charge on any atom is 0.254 e. The molecule has 0 spiro atoms. The van der Waals surface area contributed by atoms with E-state index >= 15 is 0 Å². The van der Waals surface area contributed by atoms with E-state index in [2.05, 4.69) is 36.6 Å².